The molecule has 1 aromatic rings. The van der Waals surface area contributed by atoms with E-state index in [1.54, 1.807) is 26.0 Å². The van der Waals surface area contributed by atoms with Gasteiger partial charge < -0.3 is 9.15 Å². The first-order valence-electron chi connectivity index (χ1n) is 6.13. The van der Waals surface area contributed by atoms with Crippen LogP contribution in [-0.2, 0) is 19.7 Å². The van der Waals surface area contributed by atoms with Gasteiger partial charge in [-0.05, 0) is 26.0 Å². The summed E-state index contributed by atoms with van der Waals surface area (Å²) in [6.45, 7) is 3.52. The summed E-state index contributed by atoms with van der Waals surface area (Å²) in [6.07, 6.45) is 0.00213. The van der Waals surface area contributed by atoms with Gasteiger partial charge in [0.25, 0.3) is 10.2 Å². The van der Waals surface area contributed by atoms with Gasteiger partial charge in [-0.1, -0.05) is 0 Å². The largest absolute Gasteiger partial charge is 0.469 e. The molecule has 0 aliphatic heterocycles. The highest BCUT2D eigenvalue weighted by atomic mass is 32.2. The summed E-state index contributed by atoms with van der Waals surface area (Å²) in [6, 6.07) is 2.99. The number of ether oxygens (including phenoxy) is 1. The third-order valence-electron chi connectivity index (χ3n) is 2.78. The van der Waals surface area contributed by atoms with Crippen LogP contribution in [0.4, 0.5) is 0 Å². The molecule has 0 aliphatic carbocycles. The van der Waals surface area contributed by atoms with E-state index in [0.29, 0.717) is 11.5 Å². The smallest absolute Gasteiger partial charge is 0.306 e. The zero-order chi connectivity index (χ0) is 15.3. The Balaban J connectivity index is 2.62. The van der Waals surface area contributed by atoms with Crippen molar-refractivity contribution in [3.8, 4) is 0 Å². The lowest BCUT2D eigenvalue weighted by molar-refractivity contribution is -0.140. The fourth-order valence-corrected chi connectivity index (χ4v) is 2.60. The van der Waals surface area contributed by atoms with E-state index in [1.165, 1.54) is 14.2 Å². The lowest BCUT2D eigenvalue weighted by Gasteiger charge is -2.19. The van der Waals surface area contributed by atoms with Crippen LogP contribution in [0.5, 0.6) is 0 Å². The molecule has 0 saturated carbocycles. The molecule has 0 fully saturated rings. The van der Waals surface area contributed by atoms with Gasteiger partial charge in [-0.25, -0.2) is 0 Å². The molecule has 1 rings (SSSR count). The highest BCUT2D eigenvalue weighted by molar-refractivity contribution is 7.87. The Kier molecular flexibility index (Phi) is 5.73. The van der Waals surface area contributed by atoms with Gasteiger partial charge in [0, 0.05) is 13.6 Å². The minimum atomic E-state index is -3.69. The monoisotopic (exact) mass is 304 g/mol. The number of furan rings is 1. The first kappa shape index (κ1) is 16.7. The fourth-order valence-electron chi connectivity index (χ4n) is 1.53. The van der Waals surface area contributed by atoms with Crippen molar-refractivity contribution in [3.63, 3.8) is 0 Å². The molecular weight excluding hydrogens is 284 g/mol. The number of hydrogen-bond acceptors (Lipinski definition) is 5. The predicted octanol–water partition coefficient (Wildman–Crippen LogP) is 0.978. The number of nitrogens with one attached hydrogen (secondary N) is 1. The lowest BCUT2D eigenvalue weighted by atomic mass is 10.3. The minimum Gasteiger partial charge on any atom is -0.469 e. The van der Waals surface area contributed by atoms with Crippen LogP contribution in [0.3, 0.4) is 0 Å². The molecule has 1 aromatic heterocycles. The van der Waals surface area contributed by atoms with Gasteiger partial charge >= 0.3 is 5.97 Å². The molecule has 1 heterocycles. The summed E-state index contributed by atoms with van der Waals surface area (Å²) in [4.78, 5) is 11.0. The van der Waals surface area contributed by atoms with E-state index < -0.39 is 22.2 Å². The standard InChI is InChI=1S/C12H20N2O5S/c1-9-5-6-11(19-9)10(2)13-20(16,17)14(3)8-7-12(15)18-4/h5-6,10,13H,7-8H2,1-4H3. The number of esters is 1. The van der Waals surface area contributed by atoms with E-state index in [0.717, 1.165) is 4.31 Å². The molecule has 0 aliphatic rings. The topological polar surface area (TPSA) is 88.8 Å². The minimum absolute atomic E-state index is 0.00213. The maximum absolute atomic E-state index is 12.0. The number of carbonyl (C=O) groups is 1. The molecule has 1 unspecified atom stereocenters. The number of carbonyl (C=O) groups excluding carboxylic acids is 1. The number of aryl methyl sites for hydroxylation is 1. The highest BCUT2D eigenvalue weighted by Gasteiger charge is 2.23. The van der Waals surface area contributed by atoms with Crippen LogP contribution in [0.1, 0.15) is 30.9 Å². The van der Waals surface area contributed by atoms with Crippen molar-refractivity contribution < 1.29 is 22.4 Å². The summed E-state index contributed by atoms with van der Waals surface area (Å²) in [5.74, 6) is 0.791. The van der Waals surface area contributed by atoms with Crippen LogP contribution in [0.25, 0.3) is 0 Å². The van der Waals surface area contributed by atoms with Crippen molar-refractivity contribution in [2.75, 3.05) is 20.7 Å². The second kappa shape index (κ2) is 6.87. The molecule has 1 atom stereocenters. The van der Waals surface area contributed by atoms with Crippen molar-refractivity contribution in [1.82, 2.24) is 9.03 Å². The average molecular weight is 304 g/mol. The Hall–Kier alpha value is -1.38. The van der Waals surface area contributed by atoms with E-state index in [1.807, 2.05) is 0 Å². The lowest BCUT2D eigenvalue weighted by Crippen LogP contribution is -2.40. The predicted molar refractivity (Wildman–Crippen MR) is 73.2 cm³/mol. The van der Waals surface area contributed by atoms with Gasteiger partial charge in [-0.2, -0.15) is 17.4 Å². The van der Waals surface area contributed by atoms with Crippen molar-refractivity contribution >= 4 is 16.2 Å². The van der Waals surface area contributed by atoms with Crippen LogP contribution in [0.2, 0.25) is 0 Å². The Labute approximate surface area is 119 Å². The summed E-state index contributed by atoms with van der Waals surface area (Å²) in [7, 11) is -1.03. The van der Waals surface area contributed by atoms with Gasteiger partial charge in [-0.15, -0.1) is 0 Å². The second-order valence-electron chi connectivity index (χ2n) is 4.44. The molecule has 1 N–H and O–H groups in total. The summed E-state index contributed by atoms with van der Waals surface area (Å²) >= 11 is 0. The molecule has 0 spiro atoms. The van der Waals surface area contributed by atoms with Crippen LogP contribution in [0, 0.1) is 6.92 Å². The summed E-state index contributed by atoms with van der Waals surface area (Å²) in [5, 5.41) is 0. The van der Waals surface area contributed by atoms with E-state index in [4.69, 9.17) is 4.42 Å². The first-order valence-corrected chi connectivity index (χ1v) is 7.57. The maximum atomic E-state index is 12.0. The normalized spacial score (nSPS) is 13.4. The highest BCUT2D eigenvalue weighted by Crippen LogP contribution is 2.17. The molecule has 114 valence electrons. The van der Waals surface area contributed by atoms with Crippen LogP contribution >= 0.6 is 0 Å². The third kappa shape index (κ3) is 4.62. The molecule has 20 heavy (non-hydrogen) atoms. The quantitative estimate of drug-likeness (QED) is 0.758. The van der Waals surface area contributed by atoms with Gasteiger partial charge in [-0.3, -0.25) is 4.79 Å². The van der Waals surface area contributed by atoms with Gasteiger partial charge in [0.15, 0.2) is 0 Å². The molecule has 7 nitrogen and oxygen atoms in total. The SMILES string of the molecule is COC(=O)CCN(C)S(=O)(=O)NC(C)c1ccc(C)o1. The van der Waals surface area contributed by atoms with E-state index in [-0.39, 0.29) is 13.0 Å². The summed E-state index contributed by atoms with van der Waals surface area (Å²) in [5.41, 5.74) is 0. The van der Waals surface area contributed by atoms with E-state index in [2.05, 4.69) is 9.46 Å². The molecular formula is C12H20N2O5S. The Morgan fingerprint density at radius 1 is 1.50 bits per heavy atom. The molecule has 0 amide bonds. The Morgan fingerprint density at radius 3 is 2.65 bits per heavy atom. The zero-order valence-electron chi connectivity index (χ0n) is 12.0. The maximum Gasteiger partial charge on any atom is 0.306 e. The zero-order valence-corrected chi connectivity index (χ0v) is 12.9. The number of nitrogens with zero attached hydrogens (tertiary/aromatic N) is 1. The Morgan fingerprint density at radius 2 is 2.15 bits per heavy atom. The molecule has 8 heteroatoms. The average Bonchev–Trinajstić information content (AvgIpc) is 2.81. The van der Waals surface area contributed by atoms with Gasteiger partial charge in [0.1, 0.15) is 11.5 Å². The molecule has 0 bridgehead atoms. The van der Waals surface area contributed by atoms with Crippen LogP contribution in [-0.4, -0.2) is 39.4 Å². The van der Waals surface area contributed by atoms with Crippen molar-refractivity contribution in [1.29, 1.82) is 0 Å². The van der Waals surface area contributed by atoms with Crippen molar-refractivity contribution in [2.45, 2.75) is 26.3 Å². The molecule has 0 saturated heterocycles. The third-order valence-corrected chi connectivity index (χ3v) is 4.44. The fraction of sp³-hybridized carbons (Fsp3) is 0.583. The number of rotatable bonds is 7. The molecule has 0 radical (unpaired) electrons. The van der Waals surface area contributed by atoms with Crippen LogP contribution in [0.15, 0.2) is 16.5 Å². The Bertz CT molecular complexity index is 552. The van der Waals surface area contributed by atoms with Crippen molar-refractivity contribution in [3.05, 3.63) is 23.7 Å². The van der Waals surface area contributed by atoms with Gasteiger partial charge in [0.2, 0.25) is 0 Å². The van der Waals surface area contributed by atoms with E-state index in [9.17, 15) is 13.2 Å². The number of hydrogen-bond donors (Lipinski definition) is 1. The van der Waals surface area contributed by atoms with Crippen molar-refractivity contribution in [2.24, 2.45) is 0 Å². The van der Waals surface area contributed by atoms with Crippen LogP contribution < -0.4 is 4.72 Å². The summed E-state index contributed by atoms with van der Waals surface area (Å²) < 4.78 is 37.5. The first-order chi connectivity index (χ1) is 9.26. The second-order valence-corrected chi connectivity index (χ2v) is 6.25. The van der Waals surface area contributed by atoms with Gasteiger partial charge in [0.05, 0.1) is 19.6 Å². The number of methoxy groups -OCH3 is 1. The van der Waals surface area contributed by atoms with E-state index >= 15 is 0 Å². The molecule has 0 aromatic carbocycles.